The number of nitrogens with zero attached hydrogens (tertiary/aromatic N) is 4. The number of hydrazine groups is 1. The minimum atomic E-state index is 0.0920. The molecule has 7 heteroatoms. The Hall–Kier alpha value is -3.55. The number of aryl methyl sites for hydroxylation is 1. The van der Waals surface area contributed by atoms with Crippen LogP contribution in [0.5, 0.6) is 0 Å². The van der Waals surface area contributed by atoms with Crippen molar-refractivity contribution in [1.82, 2.24) is 20.1 Å². The average Bonchev–Trinajstić information content (AvgIpc) is 3.34. The van der Waals surface area contributed by atoms with Crippen molar-refractivity contribution in [1.29, 1.82) is 0 Å². The molecular weight excluding hydrogens is 448 g/mol. The van der Waals surface area contributed by atoms with Gasteiger partial charge < -0.3 is 15.3 Å². The number of aliphatic hydroxyl groups excluding tert-OH is 1. The van der Waals surface area contributed by atoms with E-state index in [2.05, 4.69) is 87.4 Å². The van der Waals surface area contributed by atoms with E-state index in [1.165, 1.54) is 29.7 Å². The monoisotopic (exact) mass is 484 g/mol. The summed E-state index contributed by atoms with van der Waals surface area (Å²) in [4.78, 5) is 2.25. The topological polar surface area (TPSA) is 68.6 Å². The van der Waals surface area contributed by atoms with E-state index in [4.69, 9.17) is 0 Å². The van der Waals surface area contributed by atoms with Crippen molar-refractivity contribution in [2.45, 2.75) is 32.2 Å². The molecule has 1 unspecified atom stereocenters. The fourth-order valence-corrected chi connectivity index (χ4v) is 5.18. The molecule has 0 aliphatic carbocycles. The summed E-state index contributed by atoms with van der Waals surface area (Å²) >= 11 is 0. The van der Waals surface area contributed by atoms with Gasteiger partial charge in [0, 0.05) is 49.8 Å². The van der Waals surface area contributed by atoms with Crippen LogP contribution in [-0.4, -0.2) is 52.2 Å². The van der Waals surface area contributed by atoms with Crippen molar-refractivity contribution in [2.24, 2.45) is 7.05 Å². The van der Waals surface area contributed by atoms with Crippen LogP contribution >= 0.6 is 0 Å². The first-order valence-corrected chi connectivity index (χ1v) is 12.9. The van der Waals surface area contributed by atoms with Gasteiger partial charge in [-0.25, -0.2) is 0 Å². The number of para-hydroxylation sites is 1. The molecule has 0 saturated heterocycles. The molecule has 3 N–H and O–H groups in total. The van der Waals surface area contributed by atoms with Crippen LogP contribution < -0.4 is 15.6 Å². The van der Waals surface area contributed by atoms with Gasteiger partial charge in [-0.2, -0.15) is 5.10 Å². The highest BCUT2D eigenvalue weighted by molar-refractivity contribution is 5.65. The van der Waals surface area contributed by atoms with Gasteiger partial charge in [0.1, 0.15) is 0 Å². The molecule has 0 bridgehead atoms. The smallest absolute Gasteiger partial charge is 0.0626 e. The highest BCUT2D eigenvalue weighted by Crippen LogP contribution is 2.35. The van der Waals surface area contributed by atoms with Crippen LogP contribution in [0.25, 0.3) is 11.1 Å². The quantitative estimate of drug-likeness (QED) is 0.415. The fourth-order valence-electron chi connectivity index (χ4n) is 5.18. The number of anilines is 2. The van der Waals surface area contributed by atoms with Gasteiger partial charge >= 0.3 is 0 Å². The predicted molar refractivity (Wildman–Crippen MR) is 146 cm³/mol. The van der Waals surface area contributed by atoms with Gasteiger partial charge in [-0.1, -0.05) is 43.7 Å². The van der Waals surface area contributed by atoms with E-state index in [1.807, 2.05) is 30.2 Å². The second-order valence-electron chi connectivity index (χ2n) is 9.60. The third-order valence-corrected chi connectivity index (χ3v) is 6.95. The van der Waals surface area contributed by atoms with E-state index >= 15 is 0 Å². The van der Waals surface area contributed by atoms with Gasteiger partial charge in [-0.3, -0.25) is 15.1 Å². The molecule has 2 aliphatic heterocycles. The lowest BCUT2D eigenvalue weighted by atomic mass is 9.89. The third kappa shape index (κ3) is 5.32. The van der Waals surface area contributed by atoms with Crippen molar-refractivity contribution in [3.8, 4) is 11.1 Å². The SMILES string of the molecule is CCCC1CC2=C(CN1)CN(Nc1ccc(-c3cnn(C)c3)cc1)C=C2N(CCO)c1ccccc1. The van der Waals surface area contributed by atoms with E-state index in [-0.39, 0.29) is 6.61 Å². The molecule has 3 aromatic rings. The molecule has 0 spiro atoms. The second kappa shape index (κ2) is 11.0. The van der Waals surface area contributed by atoms with Gasteiger partial charge in [-0.15, -0.1) is 0 Å². The van der Waals surface area contributed by atoms with E-state index in [9.17, 15) is 5.11 Å². The van der Waals surface area contributed by atoms with E-state index < -0.39 is 0 Å². The van der Waals surface area contributed by atoms with Gasteiger partial charge in [0.2, 0.25) is 0 Å². The van der Waals surface area contributed by atoms with Gasteiger partial charge in [0.15, 0.2) is 0 Å². The minimum Gasteiger partial charge on any atom is -0.395 e. The lowest BCUT2D eigenvalue weighted by molar-refractivity contribution is 0.303. The molecule has 7 nitrogen and oxygen atoms in total. The third-order valence-electron chi connectivity index (χ3n) is 6.95. The van der Waals surface area contributed by atoms with Crippen LogP contribution in [0, 0.1) is 0 Å². The average molecular weight is 485 g/mol. The fraction of sp³-hybridized carbons (Fsp3) is 0.345. The molecule has 0 fully saturated rings. The summed E-state index contributed by atoms with van der Waals surface area (Å²) in [6, 6.07) is 19.3. The van der Waals surface area contributed by atoms with E-state index in [0.717, 1.165) is 42.0 Å². The molecule has 2 aliphatic rings. The lowest BCUT2D eigenvalue weighted by Gasteiger charge is -2.40. The number of aliphatic hydroxyl groups is 1. The molecule has 3 heterocycles. The summed E-state index contributed by atoms with van der Waals surface area (Å²) in [6.07, 6.45) is 9.47. The standard InChI is InChI=1S/C29H36N6O/c1-3-7-26-16-28-24(17-30-26)20-34(21-29(28)35(14-15-36)27-8-5-4-6-9-27)32-25-12-10-22(11-13-25)23-18-31-33(2)19-23/h4-6,8-13,18-19,21,26,30,32,36H,3,7,14-17,20H2,1-2H3. The number of hydrogen-bond acceptors (Lipinski definition) is 6. The summed E-state index contributed by atoms with van der Waals surface area (Å²) in [5.74, 6) is 0. The first-order valence-electron chi connectivity index (χ1n) is 12.9. The first-order chi connectivity index (χ1) is 17.6. The molecule has 0 saturated carbocycles. The van der Waals surface area contributed by atoms with E-state index in [0.29, 0.717) is 12.6 Å². The summed E-state index contributed by atoms with van der Waals surface area (Å²) in [5, 5.41) is 20.1. The molecule has 0 radical (unpaired) electrons. The Morgan fingerprint density at radius 2 is 1.92 bits per heavy atom. The molecule has 1 atom stereocenters. The summed E-state index contributed by atoms with van der Waals surface area (Å²) < 4.78 is 1.82. The zero-order valence-corrected chi connectivity index (χ0v) is 21.2. The maximum absolute atomic E-state index is 9.95. The Bertz CT molecular complexity index is 1210. The van der Waals surface area contributed by atoms with E-state index in [1.54, 1.807) is 0 Å². The highest BCUT2D eigenvalue weighted by atomic mass is 16.3. The van der Waals surface area contributed by atoms with Crippen LogP contribution in [0.2, 0.25) is 0 Å². The maximum Gasteiger partial charge on any atom is 0.0626 e. The zero-order chi connectivity index (χ0) is 24.9. The van der Waals surface area contributed by atoms with Gasteiger partial charge in [0.05, 0.1) is 30.7 Å². The van der Waals surface area contributed by atoms with Crippen molar-refractivity contribution in [3.05, 3.63) is 90.0 Å². The molecule has 2 aromatic carbocycles. The van der Waals surface area contributed by atoms with Crippen molar-refractivity contribution in [2.75, 3.05) is 36.6 Å². The van der Waals surface area contributed by atoms with Crippen molar-refractivity contribution < 1.29 is 5.11 Å². The molecule has 1 aromatic heterocycles. The number of nitrogens with one attached hydrogen (secondary N) is 2. The number of allylic oxidation sites excluding steroid dienone is 1. The Morgan fingerprint density at radius 1 is 1.11 bits per heavy atom. The van der Waals surface area contributed by atoms with Crippen LogP contribution in [0.3, 0.4) is 0 Å². The minimum absolute atomic E-state index is 0.0920. The van der Waals surface area contributed by atoms with Crippen LogP contribution in [0.1, 0.15) is 26.2 Å². The molecule has 0 amide bonds. The Kier molecular flexibility index (Phi) is 7.39. The maximum atomic E-state index is 9.95. The Labute approximate surface area is 213 Å². The number of aromatic nitrogens is 2. The molecule has 36 heavy (non-hydrogen) atoms. The Balaban J connectivity index is 1.43. The van der Waals surface area contributed by atoms with Crippen LogP contribution in [0.15, 0.2) is 90.0 Å². The molecule has 5 rings (SSSR count). The van der Waals surface area contributed by atoms with Crippen molar-refractivity contribution in [3.63, 3.8) is 0 Å². The summed E-state index contributed by atoms with van der Waals surface area (Å²) in [7, 11) is 1.93. The number of benzene rings is 2. The molecular formula is C29H36N6O. The van der Waals surface area contributed by atoms with Crippen LogP contribution in [-0.2, 0) is 7.05 Å². The highest BCUT2D eigenvalue weighted by Gasteiger charge is 2.30. The normalized spacial score (nSPS) is 17.6. The molecule has 188 valence electrons. The summed E-state index contributed by atoms with van der Waals surface area (Å²) in [6.45, 7) is 4.59. The Morgan fingerprint density at radius 3 is 2.61 bits per heavy atom. The number of rotatable bonds is 9. The van der Waals surface area contributed by atoms with Gasteiger partial charge in [0.25, 0.3) is 0 Å². The second-order valence-corrected chi connectivity index (χ2v) is 9.60. The van der Waals surface area contributed by atoms with Crippen molar-refractivity contribution >= 4 is 11.4 Å². The predicted octanol–water partition coefficient (Wildman–Crippen LogP) is 4.53. The lowest BCUT2D eigenvalue weighted by Crippen LogP contribution is -2.44. The number of hydrogen-bond donors (Lipinski definition) is 3. The first kappa shape index (κ1) is 24.2. The summed E-state index contributed by atoms with van der Waals surface area (Å²) in [5.41, 5.74) is 12.0. The largest absolute Gasteiger partial charge is 0.395 e. The zero-order valence-electron chi connectivity index (χ0n) is 21.2. The van der Waals surface area contributed by atoms with Gasteiger partial charge in [-0.05, 0) is 53.8 Å². The van der Waals surface area contributed by atoms with Crippen LogP contribution in [0.4, 0.5) is 11.4 Å².